The second kappa shape index (κ2) is 9.18. The van der Waals surface area contributed by atoms with Crippen molar-refractivity contribution in [1.29, 1.82) is 0 Å². The number of rotatable bonds is 8. The van der Waals surface area contributed by atoms with E-state index < -0.39 is 0 Å². The van der Waals surface area contributed by atoms with Crippen LogP contribution in [0.15, 0.2) is 35.5 Å². The number of ether oxygens (including phenoxy) is 4. The summed E-state index contributed by atoms with van der Waals surface area (Å²) in [7, 11) is 3.01. The number of amides is 1. The van der Waals surface area contributed by atoms with Gasteiger partial charge in [0.25, 0.3) is 5.91 Å². The summed E-state index contributed by atoms with van der Waals surface area (Å²) in [5, 5.41) is 6.90. The molecule has 148 valence electrons. The fraction of sp³-hybridized carbons (Fsp3) is 0.263. The van der Waals surface area contributed by atoms with Crippen LogP contribution in [0.1, 0.15) is 11.1 Å². The van der Waals surface area contributed by atoms with Crippen LogP contribution in [0.4, 0.5) is 0 Å². The summed E-state index contributed by atoms with van der Waals surface area (Å²) in [6.45, 7) is 0.332. The molecule has 0 unspecified atom stereocenters. The Labute approximate surface area is 166 Å². The first-order chi connectivity index (χ1) is 13.6. The molecule has 1 aliphatic rings. The summed E-state index contributed by atoms with van der Waals surface area (Å²) in [5.74, 6) is 1.97. The van der Waals surface area contributed by atoms with E-state index in [1.807, 2.05) is 12.1 Å². The lowest BCUT2D eigenvalue weighted by Crippen LogP contribution is -2.26. The van der Waals surface area contributed by atoms with Crippen LogP contribution in [0.3, 0.4) is 0 Å². The van der Waals surface area contributed by atoms with Crippen molar-refractivity contribution in [2.24, 2.45) is 5.16 Å². The van der Waals surface area contributed by atoms with Gasteiger partial charge in [-0.3, -0.25) is 4.79 Å². The number of halogens is 1. The van der Waals surface area contributed by atoms with Crippen molar-refractivity contribution in [2.45, 2.75) is 6.54 Å². The fourth-order valence-electron chi connectivity index (χ4n) is 2.51. The highest BCUT2D eigenvalue weighted by atomic mass is 35.5. The van der Waals surface area contributed by atoms with Gasteiger partial charge in [0.05, 0.1) is 25.5 Å². The maximum absolute atomic E-state index is 11.9. The van der Waals surface area contributed by atoms with Crippen molar-refractivity contribution in [1.82, 2.24) is 5.32 Å². The molecule has 0 saturated carbocycles. The SMILES string of the molecule is COc1cc(/C=N/OCC(=O)NCc2ccc3c(c2)OCO3)cc(Cl)c1OC. The average molecular weight is 407 g/mol. The van der Waals surface area contributed by atoms with Crippen molar-refractivity contribution < 1.29 is 28.6 Å². The molecule has 0 bridgehead atoms. The van der Waals surface area contributed by atoms with Crippen LogP contribution < -0.4 is 24.3 Å². The van der Waals surface area contributed by atoms with E-state index >= 15 is 0 Å². The molecule has 0 atom stereocenters. The third-order valence-electron chi connectivity index (χ3n) is 3.85. The largest absolute Gasteiger partial charge is 0.493 e. The first-order valence-corrected chi connectivity index (χ1v) is 8.70. The zero-order chi connectivity index (χ0) is 19.9. The van der Waals surface area contributed by atoms with E-state index in [2.05, 4.69) is 10.5 Å². The number of fused-ring (bicyclic) bond motifs is 1. The normalized spacial score (nSPS) is 12.1. The van der Waals surface area contributed by atoms with Gasteiger partial charge >= 0.3 is 0 Å². The minimum absolute atomic E-state index is 0.211. The molecule has 0 fully saturated rings. The summed E-state index contributed by atoms with van der Waals surface area (Å²) < 4.78 is 20.9. The highest BCUT2D eigenvalue weighted by molar-refractivity contribution is 6.32. The Morgan fingerprint density at radius 2 is 2.04 bits per heavy atom. The van der Waals surface area contributed by atoms with Crippen LogP contribution in [0, 0.1) is 0 Å². The van der Waals surface area contributed by atoms with Gasteiger partial charge in [-0.2, -0.15) is 0 Å². The van der Waals surface area contributed by atoms with E-state index in [4.69, 9.17) is 35.4 Å². The predicted molar refractivity (Wildman–Crippen MR) is 103 cm³/mol. The summed E-state index contributed by atoms with van der Waals surface area (Å²) in [4.78, 5) is 16.9. The third-order valence-corrected chi connectivity index (χ3v) is 4.14. The number of oxime groups is 1. The Morgan fingerprint density at radius 1 is 1.21 bits per heavy atom. The Morgan fingerprint density at radius 3 is 2.82 bits per heavy atom. The van der Waals surface area contributed by atoms with E-state index in [9.17, 15) is 4.79 Å². The van der Waals surface area contributed by atoms with Crippen molar-refractivity contribution in [2.75, 3.05) is 27.6 Å². The molecular weight excluding hydrogens is 388 g/mol. The second-order valence-electron chi connectivity index (χ2n) is 5.71. The molecule has 0 radical (unpaired) electrons. The number of benzene rings is 2. The van der Waals surface area contributed by atoms with Gasteiger partial charge in [0.15, 0.2) is 29.6 Å². The molecular formula is C19H19ClN2O6. The van der Waals surface area contributed by atoms with Crippen molar-refractivity contribution in [3.63, 3.8) is 0 Å². The molecule has 0 saturated heterocycles. The highest BCUT2D eigenvalue weighted by Gasteiger charge is 2.13. The molecule has 8 nitrogen and oxygen atoms in total. The van der Waals surface area contributed by atoms with Crippen LogP contribution in [0.25, 0.3) is 0 Å². The van der Waals surface area contributed by atoms with Gasteiger partial charge < -0.3 is 29.1 Å². The number of hydrogen-bond acceptors (Lipinski definition) is 7. The molecule has 0 spiro atoms. The number of hydrogen-bond donors (Lipinski definition) is 1. The topological polar surface area (TPSA) is 87.6 Å². The molecule has 28 heavy (non-hydrogen) atoms. The van der Waals surface area contributed by atoms with E-state index in [-0.39, 0.29) is 19.3 Å². The third kappa shape index (κ3) is 4.77. The van der Waals surface area contributed by atoms with Gasteiger partial charge in [-0.15, -0.1) is 0 Å². The first kappa shape index (κ1) is 19.6. The predicted octanol–water partition coefficient (Wildman–Crippen LogP) is 2.75. The van der Waals surface area contributed by atoms with Crippen LogP contribution in [0.5, 0.6) is 23.0 Å². The monoisotopic (exact) mass is 406 g/mol. The Bertz CT molecular complexity index is 887. The van der Waals surface area contributed by atoms with E-state index in [0.717, 1.165) is 5.56 Å². The number of methoxy groups -OCH3 is 2. The maximum atomic E-state index is 11.9. The Balaban J connectivity index is 1.47. The summed E-state index contributed by atoms with van der Waals surface area (Å²) in [6, 6.07) is 8.82. The Hall–Kier alpha value is -3.13. The number of nitrogens with zero attached hydrogens (tertiary/aromatic N) is 1. The van der Waals surface area contributed by atoms with Crippen LogP contribution in [0.2, 0.25) is 5.02 Å². The number of nitrogens with one attached hydrogen (secondary N) is 1. The van der Waals surface area contributed by atoms with Crippen LogP contribution in [-0.2, 0) is 16.2 Å². The zero-order valence-electron chi connectivity index (χ0n) is 15.4. The molecule has 2 aromatic rings. The van der Waals surface area contributed by atoms with Crippen molar-refractivity contribution in [3.05, 3.63) is 46.5 Å². The van der Waals surface area contributed by atoms with Crippen molar-refractivity contribution in [3.8, 4) is 23.0 Å². The second-order valence-corrected chi connectivity index (χ2v) is 6.12. The van der Waals surface area contributed by atoms with Gasteiger partial charge in [-0.05, 0) is 29.8 Å². The smallest absolute Gasteiger partial charge is 0.261 e. The summed E-state index contributed by atoms with van der Waals surface area (Å²) in [6.07, 6.45) is 1.43. The number of carbonyl (C=O) groups is 1. The first-order valence-electron chi connectivity index (χ1n) is 8.32. The molecule has 1 N–H and O–H groups in total. The quantitative estimate of drug-likeness (QED) is 0.535. The van der Waals surface area contributed by atoms with Gasteiger partial charge in [-0.1, -0.05) is 22.8 Å². The zero-order valence-corrected chi connectivity index (χ0v) is 16.1. The van der Waals surface area contributed by atoms with Crippen LogP contribution in [-0.4, -0.2) is 39.7 Å². The van der Waals surface area contributed by atoms with E-state index in [1.165, 1.54) is 20.4 Å². The molecule has 0 aromatic heterocycles. The Kier molecular flexibility index (Phi) is 6.44. The minimum atomic E-state index is -0.305. The molecule has 3 rings (SSSR count). The minimum Gasteiger partial charge on any atom is -0.493 e. The number of carbonyl (C=O) groups excluding carboxylic acids is 1. The molecule has 1 amide bonds. The van der Waals surface area contributed by atoms with Crippen molar-refractivity contribution >= 4 is 23.7 Å². The molecule has 2 aromatic carbocycles. The lowest BCUT2D eigenvalue weighted by atomic mass is 10.2. The van der Waals surface area contributed by atoms with E-state index in [0.29, 0.717) is 40.1 Å². The molecule has 1 aliphatic heterocycles. The fourth-order valence-corrected chi connectivity index (χ4v) is 2.81. The standard InChI is InChI=1S/C19H19ClN2O6/c1-24-17-7-13(5-14(20)19(17)25-2)9-22-28-10-18(23)21-8-12-3-4-15-16(6-12)27-11-26-15/h3-7,9H,8,10-11H2,1-2H3,(H,21,23)/b22-9+. The lowest BCUT2D eigenvalue weighted by molar-refractivity contribution is -0.125. The summed E-state index contributed by atoms with van der Waals surface area (Å²) >= 11 is 6.12. The average Bonchev–Trinajstić information content (AvgIpc) is 3.17. The maximum Gasteiger partial charge on any atom is 0.261 e. The molecule has 0 aliphatic carbocycles. The molecule has 1 heterocycles. The van der Waals surface area contributed by atoms with Gasteiger partial charge in [0.1, 0.15) is 0 Å². The summed E-state index contributed by atoms with van der Waals surface area (Å²) in [5.41, 5.74) is 1.53. The van der Waals surface area contributed by atoms with Gasteiger partial charge in [0, 0.05) is 12.1 Å². The molecule has 9 heteroatoms. The highest BCUT2D eigenvalue weighted by Crippen LogP contribution is 2.35. The lowest BCUT2D eigenvalue weighted by Gasteiger charge is -2.09. The van der Waals surface area contributed by atoms with Gasteiger partial charge in [-0.25, -0.2) is 0 Å². The van der Waals surface area contributed by atoms with Gasteiger partial charge in [0.2, 0.25) is 6.79 Å². The van der Waals surface area contributed by atoms with Crippen LogP contribution >= 0.6 is 11.6 Å². The van der Waals surface area contributed by atoms with E-state index in [1.54, 1.807) is 18.2 Å².